The number of amides is 1. The van der Waals surface area contributed by atoms with Gasteiger partial charge in [0.2, 0.25) is 5.91 Å². The Morgan fingerprint density at radius 1 is 0.727 bits per heavy atom. The largest absolute Gasteiger partial charge is 0.394 e. The fraction of sp³-hybridized carbons (Fsp3) is 0.828. The molecule has 0 fully saturated rings. The highest BCUT2D eigenvalue weighted by Gasteiger charge is 2.19. The van der Waals surface area contributed by atoms with Crippen molar-refractivity contribution in [2.45, 2.75) is 148 Å². The van der Waals surface area contributed by atoms with Crippen LogP contribution in [0.2, 0.25) is 0 Å². The van der Waals surface area contributed by atoms with E-state index in [1.807, 2.05) is 0 Å². The Morgan fingerprint density at radius 3 is 1.82 bits per heavy atom. The number of allylic oxidation sites excluding steroid dienone is 4. The molecular formula is C29H55NO3. The normalized spacial score (nSPS) is 13.7. The molecule has 0 aliphatic heterocycles. The first kappa shape index (κ1) is 31.9. The van der Waals surface area contributed by atoms with Gasteiger partial charge in [0.25, 0.3) is 0 Å². The minimum absolute atomic E-state index is 0.0540. The van der Waals surface area contributed by atoms with Gasteiger partial charge in [0.15, 0.2) is 0 Å². The third kappa shape index (κ3) is 22.4. The molecule has 2 atom stereocenters. The molecule has 0 aromatic heterocycles. The maximum atomic E-state index is 12.1. The zero-order valence-corrected chi connectivity index (χ0v) is 21.9. The topological polar surface area (TPSA) is 69.6 Å². The number of hydrogen-bond acceptors (Lipinski definition) is 3. The molecule has 0 saturated carbocycles. The summed E-state index contributed by atoms with van der Waals surface area (Å²) in [5.74, 6) is -0.0540. The summed E-state index contributed by atoms with van der Waals surface area (Å²) in [4.78, 5) is 12.1. The number of carbonyl (C=O) groups is 1. The minimum Gasteiger partial charge on any atom is -0.394 e. The van der Waals surface area contributed by atoms with Crippen LogP contribution in [0.4, 0.5) is 0 Å². The predicted octanol–water partition coefficient (Wildman–Crippen LogP) is 7.39. The van der Waals surface area contributed by atoms with E-state index in [1.54, 1.807) is 0 Å². The Balaban J connectivity index is 3.52. The first-order valence-electron chi connectivity index (χ1n) is 14.0. The molecule has 0 bridgehead atoms. The van der Waals surface area contributed by atoms with Crippen molar-refractivity contribution < 1.29 is 15.0 Å². The van der Waals surface area contributed by atoms with Gasteiger partial charge in [-0.25, -0.2) is 0 Å². The van der Waals surface area contributed by atoms with E-state index >= 15 is 0 Å². The van der Waals surface area contributed by atoms with Crippen LogP contribution in [0, 0.1) is 0 Å². The Labute approximate surface area is 205 Å². The van der Waals surface area contributed by atoms with Crippen molar-refractivity contribution in [2.75, 3.05) is 6.61 Å². The van der Waals surface area contributed by atoms with Crippen LogP contribution >= 0.6 is 0 Å². The van der Waals surface area contributed by atoms with Crippen molar-refractivity contribution in [3.8, 4) is 0 Å². The lowest BCUT2D eigenvalue weighted by Crippen LogP contribution is -2.45. The third-order valence-corrected chi connectivity index (χ3v) is 6.22. The molecule has 0 aromatic carbocycles. The summed E-state index contributed by atoms with van der Waals surface area (Å²) in [5.41, 5.74) is 0. The number of rotatable bonds is 24. The lowest BCUT2D eigenvalue weighted by molar-refractivity contribution is -0.123. The molecule has 0 spiro atoms. The highest BCUT2D eigenvalue weighted by Crippen LogP contribution is 2.11. The van der Waals surface area contributed by atoms with E-state index in [1.165, 1.54) is 70.6 Å². The average Bonchev–Trinajstić information content (AvgIpc) is 2.81. The second-order valence-corrected chi connectivity index (χ2v) is 9.46. The average molecular weight is 466 g/mol. The Morgan fingerprint density at radius 2 is 1.24 bits per heavy atom. The summed E-state index contributed by atoms with van der Waals surface area (Å²) < 4.78 is 0. The molecule has 0 aliphatic rings. The number of aliphatic hydroxyl groups excluding tert-OH is 2. The van der Waals surface area contributed by atoms with Crippen LogP contribution in [0.3, 0.4) is 0 Å². The van der Waals surface area contributed by atoms with Crippen molar-refractivity contribution >= 4 is 5.91 Å². The molecule has 0 aliphatic carbocycles. The summed E-state index contributed by atoms with van der Waals surface area (Å²) in [6, 6.07) is -0.532. The monoisotopic (exact) mass is 465 g/mol. The van der Waals surface area contributed by atoms with Crippen molar-refractivity contribution in [1.29, 1.82) is 0 Å². The highest BCUT2D eigenvalue weighted by atomic mass is 16.3. The number of nitrogens with one attached hydrogen (secondary N) is 1. The van der Waals surface area contributed by atoms with E-state index in [0.29, 0.717) is 12.8 Å². The molecule has 4 heteroatoms. The molecule has 3 N–H and O–H groups in total. The number of hydrogen-bond donors (Lipinski definition) is 3. The van der Waals surface area contributed by atoms with Gasteiger partial charge in [0, 0.05) is 6.42 Å². The second kappa shape index (κ2) is 25.5. The summed E-state index contributed by atoms with van der Waals surface area (Å²) >= 11 is 0. The summed E-state index contributed by atoms with van der Waals surface area (Å²) in [6.07, 6.45) is 29.8. The van der Waals surface area contributed by atoms with Gasteiger partial charge < -0.3 is 15.5 Å². The van der Waals surface area contributed by atoms with Crippen LogP contribution in [0.25, 0.3) is 0 Å². The highest BCUT2D eigenvalue weighted by molar-refractivity contribution is 5.76. The van der Waals surface area contributed by atoms with Crippen molar-refractivity contribution in [2.24, 2.45) is 0 Å². The zero-order chi connectivity index (χ0) is 24.4. The fourth-order valence-corrected chi connectivity index (χ4v) is 3.97. The van der Waals surface area contributed by atoms with Crippen molar-refractivity contribution in [3.63, 3.8) is 0 Å². The number of carbonyl (C=O) groups excluding carboxylic acids is 1. The smallest absolute Gasteiger partial charge is 0.220 e. The number of unbranched alkanes of at least 4 members (excludes halogenated alkanes) is 13. The van der Waals surface area contributed by atoms with Crippen LogP contribution in [-0.2, 0) is 4.79 Å². The summed E-state index contributed by atoms with van der Waals surface area (Å²) in [7, 11) is 0. The maximum absolute atomic E-state index is 12.1. The quantitative estimate of drug-likeness (QED) is 0.103. The molecule has 194 valence electrons. The van der Waals surface area contributed by atoms with Gasteiger partial charge in [0.1, 0.15) is 0 Å². The lowest BCUT2D eigenvalue weighted by Gasteiger charge is -2.22. The van der Waals surface area contributed by atoms with Gasteiger partial charge in [-0.3, -0.25) is 4.79 Å². The van der Waals surface area contributed by atoms with Gasteiger partial charge in [-0.1, -0.05) is 109 Å². The molecule has 4 nitrogen and oxygen atoms in total. The van der Waals surface area contributed by atoms with E-state index in [0.717, 1.165) is 38.5 Å². The molecule has 0 aromatic rings. The lowest BCUT2D eigenvalue weighted by atomic mass is 10.0. The summed E-state index contributed by atoms with van der Waals surface area (Å²) in [5, 5.41) is 22.4. The van der Waals surface area contributed by atoms with Gasteiger partial charge in [-0.05, 0) is 44.9 Å². The Kier molecular flexibility index (Phi) is 24.6. The van der Waals surface area contributed by atoms with Gasteiger partial charge >= 0.3 is 0 Å². The van der Waals surface area contributed by atoms with Crippen LogP contribution in [0.5, 0.6) is 0 Å². The van der Waals surface area contributed by atoms with E-state index < -0.39 is 12.1 Å². The maximum Gasteiger partial charge on any atom is 0.220 e. The third-order valence-electron chi connectivity index (χ3n) is 6.22. The van der Waals surface area contributed by atoms with Gasteiger partial charge in [0.05, 0.1) is 18.8 Å². The first-order valence-corrected chi connectivity index (χ1v) is 14.0. The van der Waals surface area contributed by atoms with Gasteiger partial charge in [-0.15, -0.1) is 0 Å². The molecule has 0 rings (SSSR count). The molecular weight excluding hydrogens is 410 g/mol. The molecule has 2 unspecified atom stereocenters. The van der Waals surface area contributed by atoms with Crippen LogP contribution in [-0.4, -0.2) is 34.9 Å². The van der Waals surface area contributed by atoms with Crippen LogP contribution in [0.1, 0.15) is 136 Å². The SMILES string of the molecule is CCCCCC/C=C\C/C=C\CCCCCCCCCC(=O)NC(CO)C(O)CCCCC. The second-order valence-electron chi connectivity index (χ2n) is 9.46. The standard InChI is InChI=1S/C29H55NO3/c1-3-5-7-8-9-10-11-12-13-14-15-16-17-18-19-20-21-23-25-29(33)30-27(26-31)28(32)24-22-6-4-2/h10-11,13-14,27-28,31-32H,3-9,12,15-26H2,1-2H3,(H,30,33)/b11-10-,14-13-. The van der Waals surface area contributed by atoms with E-state index in [9.17, 15) is 15.0 Å². The Hall–Kier alpha value is -1.13. The fourth-order valence-electron chi connectivity index (χ4n) is 3.97. The zero-order valence-electron chi connectivity index (χ0n) is 21.9. The molecule has 0 saturated heterocycles. The van der Waals surface area contributed by atoms with Crippen molar-refractivity contribution in [3.05, 3.63) is 24.3 Å². The first-order chi connectivity index (χ1) is 16.2. The van der Waals surface area contributed by atoms with Crippen molar-refractivity contribution in [1.82, 2.24) is 5.32 Å². The molecule has 0 heterocycles. The predicted molar refractivity (Wildman–Crippen MR) is 142 cm³/mol. The summed E-state index contributed by atoms with van der Waals surface area (Å²) in [6.45, 7) is 4.17. The van der Waals surface area contributed by atoms with Crippen LogP contribution < -0.4 is 5.32 Å². The molecule has 33 heavy (non-hydrogen) atoms. The molecule has 1 amide bonds. The molecule has 0 radical (unpaired) electrons. The van der Waals surface area contributed by atoms with E-state index in [2.05, 4.69) is 43.5 Å². The van der Waals surface area contributed by atoms with Crippen LogP contribution in [0.15, 0.2) is 24.3 Å². The van der Waals surface area contributed by atoms with Gasteiger partial charge in [-0.2, -0.15) is 0 Å². The van der Waals surface area contributed by atoms with E-state index in [-0.39, 0.29) is 12.5 Å². The minimum atomic E-state index is -0.655. The number of aliphatic hydroxyl groups is 2. The Bertz CT molecular complexity index is 475. The van der Waals surface area contributed by atoms with E-state index in [4.69, 9.17) is 0 Å².